The summed E-state index contributed by atoms with van der Waals surface area (Å²) in [5, 5.41) is 0. The molecule has 0 aromatic rings. The predicted molar refractivity (Wildman–Crippen MR) is 90.9 cm³/mol. The third-order valence-corrected chi connectivity index (χ3v) is 1.90. The summed E-state index contributed by atoms with van der Waals surface area (Å²) in [4.78, 5) is 0. The van der Waals surface area contributed by atoms with Crippen molar-refractivity contribution >= 4 is 0 Å². The second kappa shape index (κ2) is 18.2. The zero-order valence-corrected chi connectivity index (χ0v) is 22.8. The average Bonchev–Trinajstić information content (AvgIpc) is 1.93. The first-order valence-electron chi connectivity index (χ1n) is 7.15. The van der Waals surface area contributed by atoms with Gasteiger partial charge in [-0.15, -0.1) is 0 Å². The Hall–Kier alpha value is 1.85. The molecule has 0 heterocycles. The molecule has 0 saturated heterocycles. The molecule has 1 radical (unpaired) electrons. The Morgan fingerprint density at radius 1 is 0.667 bits per heavy atom. The van der Waals surface area contributed by atoms with Crippen LogP contribution in [0.3, 0.4) is 0 Å². The zero-order valence-electron chi connectivity index (χ0n) is 17.6. The summed E-state index contributed by atoms with van der Waals surface area (Å²) in [5.74, 6) is 0. The Morgan fingerprint density at radius 2 is 0.792 bits per heavy atom. The van der Waals surface area contributed by atoms with E-state index in [1.165, 1.54) is 13.1 Å². The molecule has 24 heavy (non-hydrogen) atoms. The Bertz CT molecular complexity index is 206. The van der Waals surface area contributed by atoms with Gasteiger partial charge in [0.05, 0.1) is 55.4 Å². The van der Waals surface area contributed by atoms with Crippen molar-refractivity contribution in [3.63, 3.8) is 0 Å². The molecule has 0 bridgehead atoms. The van der Waals surface area contributed by atoms with Crippen molar-refractivity contribution in [2.75, 3.05) is 55.4 Å². The minimum atomic E-state index is 0. The van der Waals surface area contributed by atoms with Crippen molar-refractivity contribution in [3.8, 4) is 0 Å². The van der Waals surface area contributed by atoms with E-state index in [2.05, 4.69) is 83.8 Å². The molecule has 0 unspecified atom stereocenters. The third kappa shape index (κ3) is 64.9. The first-order chi connectivity index (χ1) is 8.41. The Kier molecular flexibility index (Phi) is 34.1. The van der Waals surface area contributed by atoms with Gasteiger partial charge in [0.25, 0.3) is 0 Å². The molecule has 0 aliphatic rings. The first kappa shape index (κ1) is 44.9. The Morgan fingerprint density at radius 3 is 0.792 bits per heavy atom. The molecule has 0 aromatic carbocycles. The fourth-order valence-electron chi connectivity index (χ4n) is 2.85. The van der Waals surface area contributed by atoms with Crippen LogP contribution in [0.1, 0.15) is 41.5 Å². The summed E-state index contributed by atoms with van der Waals surface area (Å²) in [7, 11) is 13.4. The SMILES string of the molecule is CC(C)(C)C[N+](C)(C)C.CC(C)(C)C[N+](C)(C)C.O.[Ag].[I-].[OH-].[O]=[Ag]. The number of halogens is 1. The molecule has 0 spiro atoms. The van der Waals surface area contributed by atoms with E-state index in [1.54, 1.807) is 21.0 Å². The number of nitrogens with zero attached hydrogens (tertiary/aromatic N) is 2. The summed E-state index contributed by atoms with van der Waals surface area (Å²) in [6.45, 7) is 16.1. The summed E-state index contributed by atoms with van der Waals surface area (Å²) in [5.41, 5.74) is 0.913. The molecule has 0 rings (SSSR count). The third-order valence-electron chi connectivity index (χ3n) is 1.90. The van der Waals surface area contributed by atoms with E-state index >= 15 is 0 Å². The standard InChI is InChI=1S/2C8H20N.2Ag.HI.2H2O.O/c2*1-8(2,3)7-9(4,5)6;;;;;;/h2*7H2,1-6H3;;;1H;2*1H2;/q2*+1;;;;;;/p-2. The van der Waals surface area contributed by atoms with Crippen molar-refractivity contribution < 1.29 is 90.6 Å². The topological polar surface area (TPSA) is 78.6 Å². The van der Waals surface area contributed by atoms with Gasteiger partial charge in [-0.2, -0.15) is 0 Å². The normalized spacial score (nSPS) is 10.8. The van der Waals surface area contributed by atoms with Crippen LogP contribution >= 0.6 is 0 Å². The van der Waals surface area contributed by atoms with Crippen LogP contribution in [0, 0.1) is 10.8 Å². The molecular weight excluding hydrogens is 611 g/mol. The molecule has 0 atom stereocenters. The van der Waals surface area contributed by atoms with Crippen LogP contribution in [0.15, 0.2) is 0 Å². The van der Waals surface area contributed by atoms with Gasteiger partial charge in [-0.05, 0) is 0 Å². The van der Waals surface area contributed by atoms with Gasteiger partial charge in [0.15, 0.2) is 0 Å². The van der Waals surface area contributed by atoms with Crippen LogP contribution in [0.4, 0.5) is 0 Å². The van der Waals surface area contributed by atoms with Crippen molar-refractivity contribution in [2.45, 2.75) is 41.5 Å². The van der Waals surface area contributed by atoms with Crippen molar-refractivity contribution in [1.82, 2.24) is 0 Å². The maximum absolute atomic E-state index is 8.06. The van der Waals surface area contributed by atoms with Crippen LogP contribution in [0.5, 0.6) is 0 Å². The maximum atomic E-state index is 8.06. The van der Waals surface area contributed by atoms with E-state index < -0.39 is 0 Å². The molecule has 0 aliphatic carbocycles. The van der Waals surface area contributed by atoms with Gasteiger partial charge in [0, 0.05) is 33.2 Å². The van der Waals surface area contributed by atoms with E-state index in [0.717, 1.165) is 8.97 Å². The molecule has 164 valence electrons. The van der Waals surface area contributed by atoms with Crippen LogP contribution in [-0.2, 0) is 46.7 Å². The van der Waals surface area contributed by atoms with Gasteiger partial charge in [0.2, 0.25) is 0 Å². The van der Waals surface area contributed by atoms with E-state index in [1.807, 2.05) is 0 Å². The van der Waals surface area contributed by atoms with Crippen LogP contribution < -0.4 is 24.0 Å². The van der Waals surface area contributed by atoms with E-state index in [-0.39, 0.29) is 57.3 Å². The monoisotopic (exact) mass is 652 g/mol. The second-order valence-electron chi connectivity index (χ2n) is 10.0. The van der Waals surface area contributed by atoms with Crippen molar-refractivity contribution in [2.24, 2.45) is 10.8 Å². The molecule has 0 fully saturated rings. The fourth-order valence-corrected chi connectivity index (χ4v) is 2.85. The van der Waals surface area contributed by atoms with Crippen LogP contribution in [0.2, 0.25) is 0 Å². The van der Waals surface area contributed by atoms with Gasteiger partial charge in [-0.3, -0.25) is 0 Å². The van der Waals surface area contributed by atoms with E-state index in [4.69, 9.17) is 3.25 Å². The zero-order chi connectivity index (χ0) is 17.4. The molecule has 3 N–H and O–H groups in total. The van der Waals surface area contributed by atoms with Crippen molar-refractivity contribution in [3.05, 3.63) is 0 Å². The molecule has 0 aliphatic heterocycles. The molecule has 8 heteroatoms. The summed E-state index contributed by atoms with van der Waals surface area (Å²) < 4.78 is 10.2. The Labute approximate surface area is 196 Å². The molecular formula is C16H43Ag2IN2O3. The van der Waals surface area contributed by atoms with Crippen LogP contribution in [-0.4, -0.2) is 75.3 Å². The second-order valence-corrected chi connectivity index (χ2v) is 10.0. The van der Waals surface area contributed by atoms with Gasteiger partial charge in [-0.25, -0.2) is 0 Å². The predicted octanol–water partition coefficient (Wildman–Crippen LogP) is -0.644. The number of hydrogen-bond donors (Lipinski definition) is 0. The van der Waals surface area contributed by atoms with Gasteiger partial charge >= 0.3 is 24.3 Å². The quantitative estimate of drug-likeness (QED) is 0.226. The minimum absolute atomic E-state index is 0. The molecule has 0 amide bonds. The summed E-state index contributed by atoms with van der Waals surface area (Å²) >= 11 is 1.70. The fraction of sp³-hybridized carbons (Fsp3) is 1.00. The van der Waals surface area contributed by atoms with Crippen LogP contribution in [0.25, 0.3) is 0 Å². The Balaban J connectivity index is -0.0000000378. The number of hydrogen-bond acceptors (Lipinski definition) is 2. The summed E-state index contributed by atoms with van der Waals surface area (Å²) in [6.07, 6.45) is 0. The molecule has 0 aromatic heterocycles. The average molecular weight is 654 g/mol. The van der Waals surface area contributed by atoms with E-state index in [0.29, 0.717) is 10.8 Å². The number of rotatable bonds is 2. The first-order valence-corrected chi connectivity index (χ1v) is 7.75. The van der Waals surface area contributed by atoms with E-state index in [9.17, 15) is 0 Å². The van der Waals surface area contributed by atoms with Gasteiger partial charge in [0.1, 0.15) is 0 Å². The summed E-state index contributed by atoms with van der Waals surface area (Å²) in [6, 6.07) is 0. The number of quaternary nitrogens is 2. The van der Waals surface area contributed by atoms with Crippen molar-refractivity contribution in [1.29, 1.82) is 0 Å². The van der Waals surface area contributed by atoms with Gasteiger partial charge in [-0.1, -0.05) is 41.5 Å². The molecule has 0 saturated carbocycles. The molecule has 5 nitrogen and oxygen atoms in total. The van der Waals surface area contributed by atoms with Gasteiger partial charge < -0.3 is 43.9 Å².